The maximum atomic E-state index is 10.7. The van der Waals surface area contributed by atoms with Crippen LogP contribution in [0.1, 0.15) is 78.1 Å². The van der Waals surface area contributed by atoms with E-state index in [1.807, 2.05) is 6.08 Å². The Morgan fingerprint density at radius 2 is 1.81 bits per heavy atom. The summed E-state index contributed by atoms with van der Waals surface area (Å²) in [6.45, 7) is 3.29. The van der Waals surface area contributed by atoms with E-state index >= 15 is 0 Å². The average molecular weight is 475 g/mol. The van der Waals surface area contributed by atoms with Crippen molar-refractivity contribution >= 4 is 5.97 Å². The van der Waals surface area contributed by atoms with Gasteiger partial charge in [0.05, 0.1) is 0 Å². The molecule has 1 fully saturated rings. The fourth-order valence-corrected chi connectivity index (χ4v) is 3.52. The minimum Gasteiger partial charge on any atom is -0.544 e. The van der Waals surface area contributed by atoms with Gasteiger partial charge in [0.1, 0.15) is 11.6 Å². The van der Waals surface area contributed by atoms with Gasteiger partial charge in [0.15, 0.2) is 0 Å². The van der Waals surface area contributed by atoms with Gasteiger partial charge in [-0.1, -0.05) is 56.9 Å². The van der Waals surface area contributed by atoms with Crippen LogP contribution in [-0.4, -0.2) is 32.7 Å². The number of carboxylic acid groups (broad SMARTS) is 1. The topological polar surface area (TPSA) is 101 Å². The molecule has 1 saturated carbocycles. The Hall–Kier alpha value is -0.430. The summed E-state index contributed by atoms with van der Waals surface area (Å²) >= 11 is 0. The van der Waals surface area contributed by atoms with Crippen LogP contribution in [0.25, 0.3) is 0 Å². The number of hydrogen-bond acceptors (Lipinski definition) is 5. The Labute approximate surface area is 179 Å². The zero-order valence-corrected chi connectivity index (χ0v) is 18.0. The quantitative estimate of drug-likeness (QED) is 0.174. The van der Waals surface area contributed by atoms with Gasteiger partial charge >= 0.3 is 22.4 Å². The zero-order chi connectivity index (χ0) is 19.6. The molecule has 0 aromatic heterocycles. The van der Waals surface area contributed by atoms with E-state index < -0.39 is 17.4 Å². The number of aliphatic hydroxyl groups is 3. The average Bonchev–Trinajstić information content (AvgIpc) is 3.02. The first-order chi connectivity index (χ1) is 12.2. The second-order valence-electron chi connectivity index (χ2n) is 7.78. The predicted octanol–water partition coefficient (Wildman–Crippen LogP) is 2.45. The van der Waals surface area contributed by atoms with Gasteiger partial charge in [-0.2, -0.15) is 0 Å². The van der Waals surface area contributed by atoms with Crippen molar-refractivity contribution in [1.29, 1.82) is 0 Å². The van der Waals surface area contributed by atoms with Gasteiger partial charge in [-0.3, -0.25) is 0 Å². The summed E-state index contributed by atoms with van der Waals surface area (Å²) in [4.78, 5) is 10.7. The van der Waals surface area contributed by atoms with Crippen LogP contribution in [0.2, 0.25) is 0 Å². The van der Waals surface area contributed by atoms with Crippen LogP contribution in [0.5, 0.6) is 0 Å². The second kappa shape index (κ2) is 12.9. The summed E-state index contributed by atoms with van der Waals surface area (Å²) in [5.74, 6) is -4.24. The Morgan fingerprint density at radius 3 is 2.44 bits per heavy atom. The minimum absolute atomic E-state index is 0. The molecule has 1 unspecified atom stereocenters. The summed E-state index contributed by atoms with van der Waals surface area (Å²) in [6.07, 6.45) is 18.6. The van der Waals surface area contributed by atoms with E-state index in [-0.39, 0.29) is 28.8 Å². The van der Waals surface area contributed by atoms with E-state index in [1.54, 1.807) is 6.08 Å². The maximum Gasteiger partial charge on any atom is 1.00 e. The van der Waals surface area contributed by atoms with Gasteiger partial charge in [-0.05, 0) is 57.3 Å². The summed E-state index contributed by atoms with van der Waals surface area (Å²) in [5.41, 5.74) is -2.20. The Bertz CT molecular complexity index is 485. The maximum absolute atomic E-state index is 10.7. The van der Waals surface area contributed by atoms with Gasteiger partial charge in [0, 0.05) is 0 Å². The Kier molecular flexibility index (Phi) is 12.7. The second-order valence-corrected chi connectivity index (χ2v) is 7.78. The van der Waals surface area contributed by atoms with Crippen LogP contribution in [-0.2, 0) is 27.2 Å². The van der Waals surface area contributed by atoms with Gasteiger partial charge in [-0.25, -0.2) is 0 Å². The first-order valence-corrected chi connectivity index (χ1v) is 9.92. The third-order valence-corrected chi connectivity index (χ3v) is 5.48. The molecule has 5 nitrogen and oxygen atoms in total. The molecule has 0 radical (unpaired) electrons. The number of aliphatic carboxylic acids is 1. The van der Waals surface area contributed by atoms with E-state index in [0.29, 0.717) is 11.8 Å². The number of rotatable bonds is 12. The molecule has 1 rings (SSSR count). The van der Waals surface area contributed by atoms with E-state index in [1.165, 1.54) is 38.5 Å². The van der Waals surface area contributed by atoms with Crippen molar-refractivity contribution in [2.75, 3.05) is 0 Å². The smallest absolute Gasteiger partial charge is 0.544 e. The number of carbonyl (C=O) groups excluding carboxylic acids is 1. The predicted molar refractivity (Wildman–Crippen MR) is 99.9 cm³/mol. The Morgan fingerprint density at radius 1 is 1.11 bits per heavy atom. The molecule has 1 aliphatic rings. The Balaban J connectivity index is 0.00000676. The van der Waals surface area contributed by atoms with Crippen molar-refractivity contribution < 1.29 is 47.6 Å². The van der Waals surface area contributed by atoms with Gasteiger partial charge < -0.3 is 25.2 Å². The first kappa shape index (κ1) is 26.6. The molecule has 0 heterocycles. The van der Waals surface area contributed by atoms with Crippen molar-refractivity contribution in [2.24, 2.45) is 11.8 Å². The molecule has 27 heavy (non-hydrogen) atoms. The fraction of sp³-hybridized carbons (Fsp3) is 0.762. The molecule has 0 aliphatic heterocycles. The van der Waals surface area contributed by atoms with Crippen LogP contribution >= 0.6 is 0 Å². The van der Waals surface area contributed by atoms with Crippen LogP contribution in [0.3, 0.4) is 0 Å². The van der Waals surface area contributed by atoms with Crippen molar-refractivity contribution in [3.63, 3.8) is 0 Å². The van der Waals surface area contributed by atoms with Crippen molar-refractivity contribution in [1.82, 2.24) is 0 Å². The summed E-state index contributed by atoms with van der Waals surface area (Å²) in [7, 11) is 0. The summed E-state index contributed by atoms with van der Waals surface area (Å²) < 4.78 is 0. The summed E-state index contributed by atoms with van der Waals surface area (Å²) in [5, 5.41) is 39.6. The molecule has 6 heteroatoms. The molecule has 1 aliphatic carbocycles. The monoisotopic (exact) mass is 474 g/mol. The molecule has 0 spiro atoms. The van der Waals surface area contributed by atoms with E-state index in [9.17, 15) is 25.2 Å². The van der Waals surface area contributed by atoms with Crippen molar-refractivity contribution in [3.8, 4) is 0 Å². The summed E-state index contributed by atoms with van der Waals surface area (Å²) in [6, 6.07) is 0. The molecule has 3 N–H and O–H groups in total. The largest absolute Gasteiger partial charge is 1.00 e. The number of unbranched alkanes of at least 4 members (excludes halogenated alkanes) is 4. The van der Waals surface area contributed by atoms with Crippen LogP contribution in [0.15, 0.2) is 24.3 Å². The van der Waals surface area contributed by atoms with Crippen LogP contribution in [0, 0.1) is 11.8 Å². The van der Waals surface area contributed by atoms with Crippen molar-refractivity contribution in [3.05, 3.63) is 24.3 Å². The third kappa shape index (κ3) is 8.63. The number of carboxylic acids is 1. The van der Waals surface area contributed by atoms with Crippen LogP contribution < -0.4 is 5.11 Å². The van der Waals surface area contributed by atoms with E-state index in [2.05, 4.69) is 19.1 Å². The molecule has 3 atom stereocenters. The van der Waals surface area contributed by atoms with Crippen LogP contribution in [0.4, 0.5) is 0 Å². The molecule has 0 saturated heterocycles. The van der Waals surface area contributed by atoms with E-state index in [0.717, 1.165) is 26.2 Å². The number of carbonyl (C=O) groups is 1. The number of allylic oxidation sites excluding steroid dienone is 3. The van der Waals surface area contributed by atoms with E-state index in [4.69, 9.17) is 0 Å². The molecule has 0 aromatic rings. The molecule has 160 valence electrons. The molecule has 0 aromatic carbocycles. The fourth-order valence-electron chi connectivity index (χ4n) is 3.52. The zero-order valence-electron chi connectivity index (χ0n) is 16.5. The minimum atomic E-state index is -3.27. The van der Waals surface area contributed by atoms with Gasteiger partial charge in [-0.15, -0.1) is 0 Å². The SMILES string of the molecule is CCCCCC/C=C/[C@H]1CCC[C@@H]1C/C=C\CC(C)(O)C(O)(O)C(=O)[O-].[Ag+]. The van der Waals surface area contributed by atoms with Gasteiger partial charge in [0.2, 0.25) is 5.79 Å². The van der Waals surface area contributed by atoms with Crippen molar-refractivity contribution in [2.45, 2.75) is 89.4 Å². The molecular weight excluding hydrogens is 440 g/mol. The number of hydrogen-bond donors (Lipinski definition) is 3. The first-order valence-electron chi connectivity index (χ1n) is 9.92. The molecular formula is C21H35AgO5. The molecule has 0 amide bonds. The normalized spacial score (nSPS) is 22.9. The molecule has 0 bridgehead atoms. The van der Waals surface area contributed by atoms with Gasteiger partial charge in [0.25, 0.3) is 0 Å². The third-order valence-electron chi connectivity index (χ3n) is 5.48. The standard InChI is InChI=1S/C21H36O5.Ag/c1-3-4-5-6-7-8-12-17-14-11-15-18(17)13-9-10-16-20(2,24)21(25,26)19(22)23;/h8-10,12,17-18,24-26H,3-7,11,13-16H2,1-2H3,(H,22,23);/q;+1/p-1/b10-9-,12-8+;/t17-,18-,20?;/m0./s1.